The second-order valence-electron chi connectivity index (χ2n) is 8.36. The molecule has 26 heavy (non-hydrogen) atoms. The van der Waals surface area contributed by atoms with Gasteiger partial charge in [0.15, 0.2) is 0 Å². The predicted molar refractivity (Wildman–Crippen MR) is 104 cm³/mol. The number of hydrogen-bond donors (Lipinski definition) is 1. The van der Waals surface area contributed by atoms with Gasteiger partial charge in [0.2, 0.25) is 0 Å². The van der Waals surface area contributed by atoms with Crippen molar-refractivity contribution in [2.75, 3.05) is 5.32 Å². The number of ketones is 1. The van der Waals surface area contributed by atoms with E-state index in [-0.39, 0.29) is 29.6 Å². The van der Waals surface area contributed by atoms with E-state index in [0.717, 1.165) is 5.69 Å². The van der Waals surface area contributed by atoms with E-state index in [1.54, 1.807) is 0 Å². The average Bonchev–Trinajstić information content (AvgIpc) is 3.15. The van der Waals surface area contributed by atoms with Gasteiger partial charge in [-0.1, -0.05) is 37.3 Å². The van der Waals surface area contributed by atoms with Crippen molar-refractivity contribution < 1.29 is 4.79 Å². The van der Waals surface area contributed by atoms with Crippen molar-refractivity contribution in [1.29, 1.82) is 0 Å². The fraction of sp³-hybridized carbons (Fsp3) is 0.455. The van der Waals surface area contributed by atoms with Crippen molar-refractivity contribution in [3.05, 3.63) is 59.9 Å². The van der Waals surface area contributed by atoms with Crippen molar-refractivity contribution >= 4 is 11.5 Å². The molecule has 2 aliphatic heterocycles. The first kappa shape index (κ1) is 17.2. The minimum atomic E-state index is -0.121. The Hall–Kier alpha value is -2.20. The number of carbonyl (C=O) groups is 1. The van der Waals surface area contributed by atoms with Crippen molar-refractivity contribution in [2.24, 2.45) is 0 Å². The number of carbonyl (C=O) groups excluding carboxylic acids is 1. The highest BCUT2D eigenvalue weighted by Gasteiger charge is 2.58. The van der Waals surface area contributed by atoms with E-state index < -0.39 is 0 Å². The first-order valence-electron chi connectivity index (χ1n) is 9.50. The van der Waals surface area contributed by atoms with Crippen LogP contribution in [0.25, 0.3) is 0 Å². The molecule has 136 valence electrons. The fourth-order valence-corrected chi connectivity index (χ4v) is 4.87. The molecular formula is C22H27N3O. The molecule has 4 heteroatoms. The molecule has 4 rings (SSSR count). The molecule has 0 aliphatic carbocycles. The molecule has 0 saturated carbocycles. The molecular weight excluding hydrogens is 322 g/mol. The SMILES string of the molecule is CCC(=O)C1C(c2ccccc2)C2c3ccncc3NC2N1C(C)(C)C. The van der Waals surface area contributed by atoms with E-state index in [2.05, 4.69) is 66.3 Å². The second kappa shape index (κ2) is 6.20. The summed E-state index contributed by atoms with van der Waals surface area (Å²) in [7, 11) is 0. The Morgan fingerprint density at radius 3 is 2.54 bits per heavy atom. The van der Waals surface area contributed by atoms with Crippen LogP contribution in [0.3, 0.4) is 0 Å². The van der Waals surface area contributed by atoms with Crippen LogP contribution in [0.5, 0.6) is 0 Å². The summed E-state index contributed by atoms with van der Waals surface area (Å²) >= 11 is 0. The molecule has 4 unspecified atom stereocenters. The Kier molecular flexibility index (Phi) is 4.11. The minimum Gasteiger partial charge on any atom is -0.368 e. The van der Waals surface area contributed by atoms with Crippen molar-refractivity contribution in [1.82, 2.24) is 9.88 Å². The van der Waals surface area contributed by atoms with Crippen LogP contribution in [0.15, 0.2) is 48.8 Å². The van der Waals surface area contributed by atoms with Gasteiger partial charge >= 0.3 is 0 Å². The number of rotatable bonds is 3. The third-order valence-electron chi connectivity index (χ3n) is 5.82. The highest BCUT2D eigenvalue weighted by Crippen LogP contribution is 2.55. The van der Waals surface area contributed by atoms with Gasteiger partial charge in [0.1, 0.15) is 5.78 Å². The van der Waals surface area contributed by atoms with Gasteiger partial charge in [-0.05, 0) is 38.0 Å². The lowest BCUT2D eigenvalue weighted by molar-refractivity contribution is -0.125. The van der Waals surface area contributed by atoms with Crippen molar-refractivity contribution in [3.8, 4) is 0 Å². The highest BCUT2D eigenvalue weighted by atomic mass is 16.1. The first-order chi connectivity index (χ1) is 12.4. The summed E-state index contributed by atoms with van der Waals surface area (Å²) in [5.41, 5.74) is 3.50. The molecule has 1 N–H and O–H groups in total. The summed E-state index contributed by atoms with van der Waals surface area (Å²) in [4.78, 5) is 19.8. The van der Waals surface area contributed by atoms with Crippen LogP contribution in [-0.2, 0) is 4.79 Å². The minimum absolute atomic E-state index is 0.111. The number of nitrogens with zero attached hydrogens (tertiary/aromatic N) is 2. The standard InChI is InChI=1S/C22H27N3O/c1-5-17(26)20-18(14-9-7-6-8-10-14)19-15-11-12-23-13-16(15)24-21(19)25(20)22(2,3)4/h6-13,18-21,24H,5H2,1-4H3. The van der Waals surface area contributed by atoms with Crippen LogP contribution in [-0.4, -0.2) is 33.4 Å². The summed E-state index contributed by atoms with van der Waals surface area (Å²) in [6, 6.07) is 12.5. The van der Waals surface area contributed by atoms with E-state index in [4.69, 9.17) is 0 Å². The highest BCUT2D eigenvalue weighted by molar-refractivity contribution is 5.86. The van der Waals surface area contributed by atoms with Gasteiger partial charge < -0.3 is 5.32 Å². The zero-order chi connectivity index (χ0) is 18.5. The number of aromatic nitrogens is 1. The number of Topliss-reactive ketones (excluding diaryl/α,β-unsaturated/α-hetero) is 1. The summed E-state index contributed by atoms with van der Waals surface area (Å²) in [5.74, 6) is 0.708. The fourth-order valence-electron chi connectivity index (χ4n) is 4.87. The lowest BCUT2D eigenvalue weighted by atomic mass is 9.79. The summed E-state index contributed by atoms with van der Waals surface area (Å²) < 4.78 is 0. The van der Waals surface area contributed by atoms with Crippen LogP contribution in [0.4, 0.5) is 5.69 Å². The molecule has 0 spiro atoms. The van der Waals surface area contributed by atoms with Gasteiger partial charge in [0, 0.05) is 30.0 Å². The van der Waals surface area contributed by atoms with Gasteiger partial charge in [-0.15, -0.1) is 0 Å². The number of benzene rings is 1. The van der Waals surface area contributed by atoms with Gasteiger partial charge in [-0.25, -0.2) is 0 Å². The normalized spacial score (nSPS) is 27.7. The number of fused-ring (bicyclic) bond motifs is 3. The third kappa shape index (κ3) is 2.55. The van der Waals surface area contributed by atoms with Crippen LogP contribution >= 0.6 is 0 Å². The second-order valence-corrected chi connectivity index (χ2v) is 8.36. The van der Waals surface area contributed by atoms with Crippen molar-refractivity contribution in [3.63, 3.8) is 0 Å². The van der Waals surface area contributed by atoms with E-state index in [0.29, 0.717) is 12.2 Å². The van der Waals surface area contributed by atoms with Gasteiger partial charge in [-0.3, -0.25) is 14.7 Å². The maximum absolute atomic E-state index is 13.1. The molecule has 1 saturated heterocycles. The number of likely N-dealkylation sites (tertiary alicyclic amines) is 1. The number of nitrogens with one attached hydrogen (secondary N) is 1. The molecule has 2 aromatic rings. The Labute approximate surface area is 155 Å². The van der Waals surface area contributed by atoms with Crippen molar-refractivity contribution in [2.45, 2.75) is 63.7 Å². The van der Waals surface area contributed by atoms with Gasteiger partial charge in [-0.2, -0.15) is 0 Å². The molecule has 0 amide bonds. The maximum Gasteiger partial charge on any atom is 0.150 e. The zero-order valence-corrected chi connectivity index (χ0v) is 15.9. The summed E-state index contributed by atoms with van der Waals surface area (Å²) in [6.45, 7) is 8.59. The molecule has 0 radical (unpaired) electrons. The lowest BCUT2D eigenvalue weighted by Gasteiger charge is -2.41. The Morgan fingerprint density at radius 2 is 1.88 bits per heavy atom. The van der Waals surface area contributed by atoms with Gasteiger partial charge in [0.25, 0.3) is 0 Å². The Morgan fingerprint density at radius 1 is 1.15 bits per heavy atom. The lowest BCUT2D eigenvalue weighted by Crippen LogP contribution is -2.54. The van der Waals surface area contributed by atoms with E-state index in [1.165, 1.54) is 11.1 Å². The molecule has 1 aromatic heterocycles. The van der Waals surface area contributed by atoms with Crippen LogP contribution < -0.4 is 5.32 Å². The quantitative estimate of drug-likeness (QED) is 0.904. The van der Waals surface area contributed by atoms with E-state index in [9.17, 15) is 4.79 Å². The number of pyridine rings is 1. The molecule has 1 aromatic carbocycles. The average molecular weight is 349 g/mol. The molecule has 0 bridgehead atoms. The maximum atomic E-state index is 13.1. The van der Waals surface area contributed by atoms with E-state index in [1.807, 2.05) is 25.4 Å². The molecule has 2 aliphatic rings. The number of hydrogen-bond acceptors (Lipinski definition) is 4. The Bertz CT molecular complexity index is 812. The van der Waals surface area contributed by atoms with Crippen LogP contribution in [0, 0.1) is 0 Å². The zero-order valence-electron chi connectivity index (χ0n) is 15.9. The van der Waals surface area contributed by atoms with Gasteiger partial charge in [0.05, 0.1) is 24.1 Å². The molecule has 1 fully saturated rings. The third-order valence-corrected chi connectivity index (χ3v) is 5.82. The molecule has 4 nitrogen and oxygen atoms in total. The topological polar surface area (TPSA) is 45.2 Å². The summed E-state index contributed by atoms with van der Waals surface area (Å²) in [5, 5.41) is 3.67. The largest absolute Gasteiger partial charge is 0.368 e. The predicted octanol–water partition coefficient (Wildman–Crippen LogP) is 4.16. The summed E-state index contributed by atoms with van der Waals surface area (Å²) in [6.07, 6.45) is 4.44. The molecule has 4 atom stereocenters. The van der Waals surface area contributed by atoms with Crippen LogP contribution in [0.1, 0.15) is 57.1 Å². The first-order valence-corrected chi connectivity index (χ1v) is 9.50. The van der Waals surface area contributed by atoms with E-state index >= 15 is 0 Å². The smallest absolute Gasteiger partial charge is 0.150 e. The Balaban J connectivity index is 1.91. The molecule has 3 heterocycles. The monoisotopic (exact) mass is 349 g/mol. The number of anilines is 1. The van der Waals surface area contributed by atoms with Crippen LogP contribution in [0.2, 0.25) is 0 Å².